The first kappa shape index (κ1) is 23.3. The first-order chi connectivity index (χ1) is 15.5. The number of benzene rings is 2. The Balaban J connectivity index is 1.41. The Labute approximate surface area is 189 Å². The van der Waals surface area contributed by atoms with Crippen LogP contribution in [-0.4, -0.2) is 0 Å². The summed E-state index contributed by atoms with van der Waals surface area (Å²) in [6, 6.07) is 5.78. The molecule has 2 aromatic rings. The van der Waals surface area contributed by atoms with Crippen molar-refractivity contribution >= 4 is 0 Å². The van der Waals surface area contributed by atoms with Crippen LogP contribution < -0.4 is 0 Å². The summed E-state index contributed by atoms with van der Waals surface area (Å²) in [5.41, 5.74) is 0.433. The van der Waals surface area contributed by atoms with Crippen LogP contribution in [0.25, 0.3) is 11.1 Å². The molecule has 32 heavy (non-hydrogen) atoms. The molecule has 2 fully saturated rings. The van der Waals surface area contributed by atoms with Gasteiger partial charge in [0.25, 0.3) is 0 Å². The summed E-state index contributed by atoms with van der Waals surface area (Å²) in [6.45, 7) is 2.25. The second kappa shape index (κ2) is 10.4. The molecule has 2 aliphatic rings. The molecule has 4 rings (SSSR count). The lowest BCUT2D eigenvalue weighted by atomic mass is 9.63. The van der Waals surface area contributed by atoms with Crippen LogP contribution in [0.15, 0.2) is 30.3 Å². The summed E-state index contributed by atoms with van der Waals surface area (Å²) < 4.78 is 56.5. The summed E-state index contributed by atoms with van der Waals surface area (Å²) in [7, 11) is 0. The molecule has 0 radical (unpaired) electrons. The van der Waals surface area contributed by atoms with Crippen molar-refractivity contribution in [2.75, 3.05) is 0 Å². The Bertz CT molecular complexity index is 899. The highest BCUT2D eigenvalue weighted by molar-refractivity contribution is 5.65. The summed E-state index contributed by atoms with van der Waals surface area (Å²) >= 11 is 0. The Kier molecular flexibility index (Phi) is 7.58. The fourth-order valence-electron chi connectivity index (χ4n) is 6.17. The standard InChI is InChI=1S/C28H34F4/c1-2-3-4-5-6-18-7-8-20-14-21(10-9-19(20)13-18)23-16-26(31)28(27(32)17-23)22-11-12-24(29)25(30)15-22/h11-12,15-21H,2-10,13-14H2,1H3. The first-order valence-electron chi connectivity index (χ1n) is 12.4. The van der Waals surface area contributed by atoms with Crippen molar-refractivity contribution in [2.45, 2.75) is 83.5 Å². The molecule has 0 aliphatic heterocycles. The number of fused-ring (bicyclic) bond motifs is 1. The highest BCUT2D eigenvalue weighted by Gasteiger charge is 2.36. The highest BCUT2D eigenvalue weighted by Crippen LogP contribution is 2.49. The largest absolute Gasteiger partial charge is 0.206 e. The highest BCUT2D eigenvalue weighted by atomic mass is 19.2. The van der Waals surface area contributed by atoms with Gasteiger partial charge in [0.15, 0.2) is 11.6 Å². The van der Waals surface area contributed by atoms with E-state index in [4.69, 9.17) is 0 Å². The number of rotatable bonds is 7. The predicted molar refractivity (Wildman–Crippen MR) is 121 cm³/mol. The second-order valence-electron chi connectivity index (χ2n) is 10.0. The maximum atomic E-state index is 14.9. The SMILES string of the molecule is CCCCCCC1CCC2CC(c3cc(F)c(-c4ccc(F)c(F)c4)c(F)c3)CCC2C1. The zero-order valence-corrected chi connectivity index (χ0v) is 19.0. The van der Waals surface area contributed by atoms with Crippen LogP contribution in [0.4, 0.5) is 17.6 Å². The maximum absolute atomic E-state index is 14.9. The Morgan fingerprint density at radius 1 is 0.719 bits per heavy atom. The summed E-state index contributed by atoms with van der Waals surface area (Å²) in [4.78, 5) is 0. The van der Waals surface area contributed by atoms with E-state index < -0.39 is 23.3 Å². The molecular formula is C28H34F4. The molecule has 2 saturated carbocycles. The molecule has 0 nitrogen and oxygen atoms in total. The number of unbranched alkanes of at least 4 members (excludes halogenated alkanes) is 3. The number of hydrogen-bond acceptors (Lipinski definition) is 0. The summed E-state index contributed by atoms with van der Waals surface area (Å²) in [5.74, 6) is -1.11. The van der Waals surface area contributed by atoms with Crippen molar-refractivity contribution < 1.29 is 17.6 Å². The van der Waals surface area contributed by atoms with Gasteiger partial charge < -0.3 is 0 Å². The van der Waals surface area contributed by atoms with E-state index in [1.807, 2.05) is 0 Å². The third-order valence-electron chi connectivity index (χ3n) is 7.93. The van der Waals surface area contributed by atoms with Gasteiger partial charge in [-0.3, -0.25) is 0 Å². The van der Waals surface area contributed by atoms with Crippen molar-refractivity contribution in [3.05, 3.63) is 59.2 Å². The van der Waals surface area contributed by atoms with E-state index in [0.717, 1.165) is 43.2 Å². The van der Waals surface area contributed by atoms with E-state index in [-0.39, 0.29) is 17.0 Å². The lowest BCUT2D eigenvalue weighted by Crippen LogP contribution is -2.30. The molecule has 4 heteroatoms. The van der Waals surface area contributed by atoms with E-state index in [1.54, 1.807) is 0 Å². The molecule has 0 amide bonds. The van der Waals surface area contributed by atoms with Crippen molar-refractivity contribution in [1.29, 1.82) is 0 Å². The van der Waals surface area contributed by atoms with Crippen LogP contribution in [-0.2, 0) is 0 Å². The minimum absolute atomic E-state index is 0.0198. The van der Waals surface area contributed by atoms with Gasteiger partial charge in [-0.05, 0) is 91.2 Å². The molecule has 0 spiro atoms. The zero-order valence-electron chi connectivity index (χ0n) is 19.0. The second-order valence-corrected chi connectivity index (χ2v) is 10.0. The maximum Gasteiger partial charge on any atom is 0.159 e. The predicted octanol–water partition coefficient (Wildman–Crippen LogP) is 9.18. The molecule has 2 aromatic carbocycles. The van der Waals surface area contributed by atoms with Crippen LogP contribution in [0, 0.1) is 41.0 Å². The van der Waals surface area contributed by atoms with Gasteiger partial charge in [-0.1, -0.05) is 51.5 Å². The molecule has 174 valence electrons. The Morgan fingerprint density at radius 3 is 2.16 bits per heavy atom. The fraction of sp³-hybridized carbons (Fsp3) is 0.571. The molecule has 0 bridgehead atoms. The molecule has 4 unspecified atom stereocenters. The van der Waals surface area contributed by atoms with Crippen molar-refractivity contribution in [3.8, 4) is 11.1 Å². The third-order valence-corrected chi connectivity index (χ3v) is 7.93. The van der Waals surface area contributed by atoms with Crippen molar-refractivity contribution in [1.82, 2.24) is 0 Å². The molecule has 2 aliphatic carbocycles. The smallest absolute Gasteiger partial charge is 0.159 e. The molecule has 4 atom stereocenters. The molecule has 0 heterocycles. The van der Waals surface area contributed by atoms with Crippen LogP contribution in [0.2, 0.25) is 0 Å². The van der Waals surface area contributed by atoms with Crippen LogP contribution in [0.1, 0.15) is 89.0 Å². The van der Waals surface area contributed by atoms with Crippen molar-refractivity contribution in [2.24, 2.45) is 17.8 Å². The lowest BCUT2D eigenvalue weighted by molar-refractivity contribution is 0.113. The fourth-order valence-corrected chi connectivity index (χ4v) is 6.17. The molecular weight excluding hydrogens is 412 g/mol. The van der Waals surface area contributed by atoms with Crippen LogP contribution in [0.5, 0.6) is 0 Å². The monoisotopic (exact) mass is 446 g/mol. The minimum Gasteiger partial charge on any atom is -0.206 e. The van der Waals surface area contributed by atoms with Gasteiger partial charge in [0.2, 0.25) is 0 Å². The first-order valence-corrected chi connectivity index (χ1v) is 12.4. The summed E-state index contributed by atoms with van der Waals surface area (Å²) in [6.07, 6.45) is 13.6. The minimum atomic E-state index is -1.11. The van der Waals surface area contributed by atoms with Crippen LogP contribution in [0.3, 0.4) is 0 Å². The zero-order chi connectivity index (χ0) is 22.7. The van der Waals surface area contributed by atoms with Crippen molar-refractivity contribution in [3.63, 3.8) is 0 Å². The Morgan fingerprint density at radius 2 is 1.44 bits per heavy atom. The van der Waals surface area contributed by atoms with Gasteiger partial charge in [0, 0.05) is 0 Å². The van der Waals surface area contributed by atoms with Gasteiger partial charge in [0.1, 0.15) is 11.6 Å². The number of hydrogen-bond donors (Lipinski definition) is 0. The van der Waals surface area contributed by atoms with E-state index in [9.17, 15) is 17.6 Å². The van der Waals surface area contributed by atoms with Gasteiger partial charge in [-0.15, -0.1) is 0 Å². The Hall–Kier alpha value is -1.84. The normalized spacial score (nSPS) is 25.5. The molecule has 0 aromatic heterocycles. The topological polar surface area (TPSA) is 0 Å². The molecule has 0 N–H and O–H groups in total. The van der Waals surface area contributed by atoms with E-state index in [0.29, 0.717) is 11.5 Å². The molecule has 0 saturated heterocycles. The van der Waals surface area contributed by atoms with Gasteiger partial charge in [-0.2, -0.15) is 0 Å². The number of halogens is 4. The quantitative estimate of drug-likeness (QED) is 0.294. The average molecular weight is 447 g/mol. The van der Waals surface area contributed by atoms with Gasteiger partial charge in [0.05, 0.1) is 5.56 Å². The average Bonchev–Trinajstić information content (AvgIpc) is 2.78. The van der Waals surface area contributed by atoms with E-state index in [2.05, 4.69) is 6.92 Å². The lowest BCUT2D eigenvalue weighted by Gasteiger charge is -2.42. The van der Waals surface area contributed by atoms with Gasteiger partial charge >= 0.3 is 0 Å². The van der Waals surface area contributed by atoms with E-state index >= 15 is 0 Å². The van der Waals surface area contributed by atoms with E-state index in [1.165, 1.54) is 69.6 Å². The summed E-state index contributed by atoms with van der Waals surface area (Å²) in [5, 5.41) is 0. The van der Waals surface area contributed by atoms with Crippen LogP contribution >= 0.6 is 0 Å². The third kappa shape index (κ3) is 5.21. The van der Waals surface area contributed by atoms with Gasteiger partial charge in [-0.25, -0.2) is 17.6 Å².